The summed E-state index contributed by atoms with van der Waals surface area (Å²) in [6, 6.07) is 15.5. The molecular formula is C17H18FNS. The summed E-state index contributed by atoms with van der Waals surface area (Å²) in [6.07, 6.45) is 0.918. The first kappa shape index (κ1) is 13.7. The highest BCUT2D eigenvalue weighted by atomic mass is 32.2. The van der Waals surface area contributed by atoms with E-state index >= 15 is 0 Å². The molecule has 104 valence electrons. The Kier molecular flexibility index (Phi) is 4.08. The van der Waals surface area contributed by atoms with E-state index in [9.17, 15) is 4.39 Å². The highest BCUT2D eigenvalue weighted by Crippen LogP contribution is 2.43. The molecule has 0 spiro atoms. The molecule has 2 unspecified atom stereocenters. The van der Waals surface area contributed by atoms with E-state index in [0.717, 1.165) is 17.7 Å². The molecular weight excluding hydrogens is 269 g/mol. The van der Waals surface area contributed by atoms with Gasteiger partial charge in [-0.25, -0.2) is 4.39 Å². The summed E-state index contributed by atoms with van der Waals surface area (Å²) >= 11 is 1.89. The fraction of sp³-hybridized carbons (Fsp3) is 0.294. The van der Waals surface area contributed by atoms with Crippen molar-refractivity contribution in [3.8, 4) is 0 Å². The van der Waals surface area contributed by atoms with Gasteiger partial charge in [-0.15, -0.1) is 11.8 Å². The number of hydrogen-bond donors (Lipinski definition) is 1. The molecule has 1 aliphatic heterocycles. The number of thioether (sulfide) groups is 1. The Bertz CT molecular complexity index is 599. The summed E-state index contributed by atoms with van der Waals surface area (Å²) in [6.45, 7) is 0.490. The Morgan fingerprint density at radius 1 is 1.15 bits per heavy atom. The van der Waals surface area contributed by atoms with Crippen LogP contribution in [-0.4, -0.2) is 12.3 Å². The fourth-order valence-electron chi connectivity index (χ4n) is 2.92. The van der Waals surface area contributed by atoms with E-state index in [-0.39, 0.29) is 11.7 Å². The molecule has 0 bridgehead atoms. The number of rotatable bonds is 4. The van der Waals surface area contributed by atoms with Crippen LogP contribution in [0.3, 0.4) is 0 Å². The maximum Gasteiger partial charge on any atom is 0.126 e. The van der Waals surface area contributed by atoms with E-state index in [1.807, 2.05) is 23.9 Å². The lowest BCUT2D eigenvalue weighted by Gasteiger charge is -2.20. The molecule has 1 nitrogen and oxygen atoms in total. The van der Waals surface area contributed by atoms with Gasteiger partial charge in [-0.2, -0.15) is 0 Å². The molecule has 0 fully saturated rings. The van der Waals surface area contributed by atoms with Crippen LogP contribution in [0.15, 0.2) is 53.4 Å². The summed E-state index contributed by atoms with van der Waals surface area (Å²) in [5.74, 6) is 1.50. The van der Waals surface area contributed by atoms with Crippen molar-refractivity contribution in [3.05, 3.63) is 65.5 Å². The number of fused-ring (bicyclic) bond motifs is 1. The number of halogens is 1. The zero-order valence-corrected chi connectivity index (χ0v) is 12.1. The summed E-state index contributed by atoms with van der Waals surface area (Å²) < 4.78 is 13.9. The van der Waals surface area contributed by atoms with Gasteiger partial charge in [0, 0.05) is 10.6 Å². The van der Waals surface area contributed by atoms with Gasteiger partial charge in [-0.05, 0) is 48.1 Å². The van der Waals surface area contributed by atoms with Crippen LogP contribution in [0.1, 0.15) is 29.4 Å². The van der Waals surface area contributed by atoms with Crippen LogP contribution in [0.25, 0.3) is 0 Å². The van der Waals surface area contributed by atoms with E-state index in [0.29, 0.717) is 12.5 Å². The zero-order chi connectivity index (χ0) is 13.9. The number of nitrogens with two attached hydrogens (primary N) is 1. The van der Waals surface area contributed by atoms with Crippen molar-refractivity contribution in [1.29, 1.82) is 0 Å². The second-order valence-electron chi connectivity index (χ2n) is 5.24. The van der Waals surface area contributed by atoms with E-state index in [1.54, 1.807) is 6.07 Å². The smallest absolute Gasteiger partial charge is 0.126 e. The van der Waals surface area contributed by atoms with Crippen molar-refractivity contribution in [2.24, 2.45) is 5.73 Å². The number of benzene rings is 2. The third-order valence-electron chi connectivity index (χ3n) is 4.00. The van der Waals surface area contributed by atoms with Gasteiger partial charge < -0.3 is 5.73 Å². The van der Waals surface area contributed by atoms with E-state index in [2.05, 4.69) is 24.3 Å². The summed E-state index contributed by atoms with van der Waals surface area (Å²) in [5.41, 5.74) is 8.05. The Morgan fingerprint density at radius 3 is 2.70 bits per heavy atom. The lowest BCUT2D eigenvalue weighted by molar-refractivity contribution is 0.529. The van der Waals surface area contributed by atoms with Gasteiger partial charge in [0.15, 0.2) is 0 Å². The van der Waals surface area contributed by atoms with Crippen molar-refractivity contribution >= 4 is 11.8 Å². The van der Waals surface area contributed by atoms with E-state index in [4.69, 9.17) is 5.73 Å². The van der Waals surface area contributed by atoms with Gasteiger partial charge in [0.1, 0.15) is 5.82 Å². The first-order valence-electron chi connectivity index (χ1n) is 6.96. The van der Waals surface area contributed by atoms with Crippen LogP contribution >= 0.6 is 11.8 Å². The Morgan fingerprint density at radius 2 is 1.90 bits per heavy atom. The predicted molar refractivity (Wildman–Crippen MR) is 82.7 cm³/mol. The minimum Gasteiger partial charge on any atom is -0.330 e. The third kappa shape index (κ3) is 2.60. The van der Waals surface area contributed by atoms with Gasteiger partial charge in [-0.3, -0.25) is 0 Å². The molecule has 2 aromatic carbocycles. The Balaban J connectivity index is 1.82. The molecule has 2 N–H and O–H groups in total. The van der Waals surface area contributed by atoms with E-state index < -0.39 is 0 Å². The van der Waals surface area contributed by atoms with Crippen LogP contribution in [0.2, 0.25) is 0 Å². The quantitative estimate of drug-likeness (QED) is 0.914. The fourth-order valence-corrected chi connectivity index (χ4v) is 4.20. The monoisotopic (exact) mass is 287 g/mol. The molecule has 1 aliphatic rings. The predicted octanol–water partition coefficient (Wildman–Crippen LogP) is 4.15. The summed E-state index contributed by atoms with van der Waals surface area (Å²) in [5, 5.41) is 0. The molecule has 2 atom stereocenters. The second-order valence-corrected chi connectivity index (χ2v) is 6.30. The number of hydrogen-bond acceptors (Lipinski definition) is 2. The standard InChI is InChI=1S/C17H18FNS/c18-16-7-3-1-5-14(16)12(10-19)9-13-11-20-17-8-4-2-6-15(13)17/h1-8,12-13H,9-11,19H2. The third-order valence-corrected chi connectivity index (χ3v) is 5.25. The Hall–Kier alpha value is -1.32. The van der Waals surface area contributed by atoms with Crippen molar-refractivity contribution in [3.63, 3.8) is 0 Å². The maximum atomic E-state index is 13.9. The molecule has 0 aromatic heterocycles. The highest BCUT2D eigenvalue weighted by Gasteiger charge is 2.26. The summed E-state index contributed by atoms with van der Waals surface area (Å²) in [4.78, 5) is 1.36. The molecule has 2 aromatic rings. The van der Waals surface area contributed by atoms with Crippen molar-refractivity contribution < 1.29 is 4.39 Å². The van der Waals surface area contributed by atoms with Crippen LogP contribution < -0.4 is 5.73 Å². The highest BCUT2D eigenvalue weighted by molar-refractivity contribution is 7.99. The minimum atomic E-state index is -0.137. The topological polar surface area (TPSA) is 26.0 Å². The first-order valence-corrected chi connectivity index (χ1v) is 7.94. The van der Waals surface area contributed by atoms with Crippen LogP contribution in [0, 0.1) is 5.82 Å². The van der Waals surface area contributed by atoms with Crippen molar-refractivity contribution in [1.82, 2.24) is 0 Å². The average Bonchev–Trinajstić information content (AvgIpc) is 2.89. The van der Waals surface area contributed by atoms with Crippen molar-refractivity contribution in [2.45, 2.75) is 23.2 Å². The van der Waals surface area contributed by atoms with Gasteiger partial charge in [-0.1, -0.05) is 36.4 Å². The lowest BCUT2D eigenvalue weighted by atomic mass is 9.86. The second kappa shape index (κ2) is 5.98. The van der Waals surface area contributed by atoms with Crippen LogP contribution in [-0.2, 0) is 0 Å². The molecule has 20 heavy (non-hydrogen) atoms. The molecule has 0 radical (unpaired) electrons. The lowest BCUT2D eigenvalue weighted by Crippen LogP contribution is -2.17. The Labute approximate surface area is 123 Å². The van der Waals surface area contributed by atoms with Crippen LogP contribution in [0.4, 0.5) is 4.39 Å². The van der Waals surface area contributed by atoms with Gasteiger partial charge in [0.05, 0.1) is 0 Å². The van der Waals surface area contributed by atoms with Gasteiger partial charge in [0.25, 0.3) is 0 Å². The molecule has 3 heteroatoms. The van der Waals surface area contributed by atoms with Crippen LogP contribution in [0.5, 0.6) is 0 Å². The average molecular weight is 287 g/mol. The SMILES string of the molecule is NCC(CC1CSc2ccccc21)c1ccccc1F. The molecule has 3 rings (SSSR count). The van der Waals surface area contributed by atoms with Gasteiger partial charge in [0.2, 0.25) is 0 Å². The minimum absolute atomic E-state index is 0.0907. The molecule has 0 saturated carbocycles. The van der Waals surface area contributed by atoms with Crippen molar-refractivity contribution in [2.75, 3.05) is 12.3 Å². The molecule has 0 saturated heterocycles. The summed E-state index contributed by atoms with van der Waals surface area (Å²) in [7, 11) is 0. The van der Waals surface area contributed by atoms with Gasteiger partial charge >= 0.3 is 0 Å². The first-order chi connectivity index (χ1) is 9.79. The molecule has 0 aliphatic carbocycles. The zero-order valence-electron chi connectivity index (χ0n) is 11.3. The molecule has 1 heterocycles. The normalized spacial score (nSPS) is 18.8. The largest absolute Gasteiger partial charge is 0.330 e. The maximum absolute atomic E-state index is 13.9. The molecule has 0 amide bonds. The van der Waals surface area contributed by atoms with E-state index in [1.165, 1.54) is 16.5 Å².